The first kappa shape index (κ1) is 13.5. The lowest BCUT2D eigenvalue weighted by Gasteiger charge is -2.27. The fourth-order valence-corrected chi connectivity index (χ4v) is 2.65. The zero-order valence-corrected chi connectivity index (χ0v) is 11.3. The third kappa shape index (κ3) is 4.76. The summed E-state index contributed by atoms with van der Waals surface area (Å²) in [5, 5.41) is 15.7. The van der Waals surface area contributed by atoms with Crippen molar-refractivity contribution in [2.24, 2.45) is 5.16 Å². The SMILES string of the molecule is OC(CON=Cc1cccs1)CN1CCCCC1. The van der Waals surface area contributed by atoms with Crippen LogP contribution in [0.5, 0.6) is 0 Å². The highest BCUT2D eigenvalue weighted by Gasteiger charge is 2.14. The lowest BCUT2D eigenvalue weighted by molar-refractivity contribution is 0.0163. The van der Waals surface area contributed by atoms with E-state index in [1.165, 1.54) is 19.3 Å². The first-order valence-electron chi connectivity index (χ1n) is 6.44. The summed E-state index contributed by atoms with van der Waals surface area (Å²) in [7, 11) is 0. The van der Waals surface area contributed by atoms with E-state index in [0.717, 1.165) is 18.0 Å². The van der Waals surface area contributed by atoms with Crippen molar-refractivity contribution >= 4 is 17.6 Å². The monoisotopic (exact) mass is 268 g/mol. The molecule has 1 atom stereocenters. The van der Waals surface area contributed by atoms with Crippen LogP contribution in [0.1, 0.15) is 24.1 Å². The van der Waals surface area contributed by atoms with E-state index in [1.54, 1.807) is 17.6 Å². The van der Waals surface area contributed by atoms with Crippen LogP contribution >= 0.6 is 11.3 Å². The van der Waals surface area contributed by atoms with Gasteiger partial charge < -0.3 is 14.8 Å². The van der Waals surface area contributed by atoms with Gasteiger partial charge in [-0.1, -0.05) is 17.6 Å². The smallest absolute Gasteiger partial charge is 0.144 e. The fraction of sp³-hybridized carbons (Fsp3) is 0.615. The van der Waals surface area contributed by atoms with Gasteiger partial charge in [0.25, 0.3) is 0 Å². The van der Waals surface area contributed by atoms with E-state index in [9.17, 15) is 5.11 Å². The quantitative estimate of drug-likeness (QED) is 0.633. The number of oxime groups is 1. The second-order valence-electron chi connectivity index (χ2n) is 4.56. The maximum atomic E-state index is 9.82. The Morgan fingerprint density at radius 1 is 1.44 bits per heavy atom. The Morgan fingerprint density at radius 3 is 3.00 bits per heavy atom. The normalized spacial score (nSPS) is 19.2. The zero-order chi connectivity index (χ0) is 12.6. The van der Waals surface area contributed by atoms with Crippen molar-refractivity contribution in [3.63, 3.8) is 0 Å². The van der Waals surface area contributed by atoms with Crippen molar-refractivity contribution in [1.82, 2.24) is 4.90 Å². The third-order valence-electron chi connectivity index (χ3n) is 2.98. The van der Waals surface area contributed by atoms with Gasteiger partial charge in [0.05, 0.1) is 6.21 Å². The van der Waals surface area contributed by atoms with Gasteiger partial charge in [-0.05, 0) is 37.4 Å². The molecule has 0 saturated carbocycles. The van der Waals surface area contributed by atoms with Crippen molar-refractivity contribution in [1.29, 1.82) is 0 Å². The van der Waals surface area contributed by atoms with Crippen LogP contribution in [-0.4, -0.2) is 48.6 Å². The van der Waals surface area contributed by atoms with Crippen LogP contribution in [0, 0.1) is 0 Å². The Hall–Kier alpha value is -0.910. The Labute approximate surface area is 112 Å². The Bertz CT molecular complexity index is 348. The molecule has 0 radical (unpaired) electrons. The van der Waals surface area contributed by atoms with Gasteiger partial charge in [-0.3, -0.25) is 0 Å². The molecule has 1 fully saturated rings. The largest absolute Gasteiger partial charge is 0.393 e. The van der Waals surface area contributed by atoms with E-state index in [-0.39, 0.29) is 6.61 Å². The highest BCUT2D eigenvalue weighted by molar-refractivity contribution is 7.11. The summed E-state index contributed by atoms with van der Waals surface area (Å²) in [5.74, 6) is 0. The minimum Gasteiger partial charge on any atom is -0.393 e. The number of β-amino-alcohol motifs (C(OH)–C–C–N with tert-alkyl or cyclic N) is 1. The third-order valence-corrected chi connectivity index (χ3v) is 3.79. The molecule has 4 nitrogen and oxygen atoms in total. The number of aliphatic hydroxyl groups is 1. The zero-order valence-electron chi connectivity index (χ0n) is 10.5. The molecule has 0 spiro atoms. The first-order chi connectivity index (χ1) is 8.84. The second-order valence-corrected chi connectivity index (χ2v) is 5.54. The average Bonchev–Trinajstić information content (AvgIpc) is 2.89. The average molecular weight is 268 g/mol. The molecule has 0 amide bonds. The molecule has 0 bridgehead atoms. The number of hydrogen-bond donors (Lipinski definition) is 1. The molecule has 1 N–H and O–H groups in total. The van der Waals surface area contributed by atoms with Crippen LogP contribution in [0.4, 0.5) is 0 Å². The van der Waals surface area contributed by atoms with Crippen LogP contribution in [0.25, 0.3) is 0 Å². The number of aliphatic hydroxyl groups excluding tert-OH is 1. The maximum absolute atomic E-state index is 9.82. The summed E-state index contributed by atoms with van der Waals surface area (Å²) in [4.78, 5) is 8.46. The van der Waals surface area contributed by atoms with E-state index in [2.05, 4.69) is 10.1 Å². The summed E-state index contributed by atoms with van der Waals surface area (Å²) in [6.45, 7) is 3.14. The van der Waals surface area contributed by atoms with Crippen molar-refractivity contribution in [3.05, 3.63) is 22.4 Å². The van der Waals surface area contributed by atoms with Crippen molar-refractivity contribution < 1.29 is 9.94 Å². The molecule has 0 aromatic carbocycles. The molecule has 1 aromatic heterocycles. The first-order valence-corrected chi connectivity index (χ1v) is 7.32. The highest BCUT2D eigenvalue weighted by atomic mass is 32.1. The van der Waals surface area contributed by atoms with Crippen LogP contribution in [0.2, 0.25) is 0 Å². The number of hydrogen-bond acceptors (Lipinski definition) is 5. The van der Waals surface area contributed by atoms with Crippen molar-refractivity contribution in [2.45, 2.75) is 25.4 Å². The molecule has 0 aliphatic carbocycles. The van der Waals surface area contributed by atoms with Crippen LogP contribution in [0.3, 0.4) is 0 Å². The molecule has 1 saturated heterocycles. The van der Waals surface area contributed by atoms with Gasteiger partial charge in [-0.25, -0.2) is 0 Å². The number of thiophene rings is 1. The molecule has 2 rings (SSSR count). The fourth-order valence-electron chi connectivity index (χ4n) is 2.08. The summed E-state index contributed by atoms with van der Waals surface area (Å²) in [6.07, 6.45) is 5.02. The number of nitrogens with zero attached hydrogens (tertiary/aromatic N) is 2. The van der Waals surface area contributed by atoms with E-state index in [1.807, 2.05) is 17.5 Å². The van der Waals surface area contributed by atoms with Crippen LogP contribution < -0.4 is 0 Å². The van der Waals surface area contributed by atoms with Gasteiger partial charge in [0.1, 0.15) is 12.7 Å². The van der Waals surface area contributed by atoms with E-state index >= 15 is 0 Å². The Balaban J connectivity index is 1.60. The van der Waals surface area contributed by atoms with Crippen molar-refractivity contribution in [2.75, 3.05) is 26.2 Å². The van der Waals surface area contributed by atoms with Crippen LogP contribution in [0.15, 0.2) is 22.7 Å². The molecule has 18 heavy (non-hydrogen) atoms. The number of piperidine rings is 1. The van der Waals surface area contributed by atoms with E-state index in [0.29, 0.717) is 6.54 Å². The number of rotatable bonds is 6. The second kappa shape index (κ2) is 7.51. The molecule has 5 heteroatoms. The standard InChI is InChI=1S/C13H20N2O2S/c16-12(10-15-6-2-1-3-7-15)11-17-14-9-13-5-4-8-18-13/h4-5,8-9,12,16H,1-3,6-7,10-11H2. The summed E-state index contributed by atoms with van der Waals surface area (Å²) >= 11 is 1.61. The topological polar surface area (TPSA) is 45.1 Å². The molecule has 1 unspecified atom stereocenters. The highest BCUT2D eigenvalue weighted by Crippen LogP contribution is 2.09. The molecular weight excluding hydrogens is 248 g/mol. The van der Waals surface area contributed by atoms with Crippen molar-refractivity contribution in [3.8, 4) is 0 Å². The Morgan fingerprint density at radius 2 is 2.28 bits per heavy atom. The van der Waals surface area contributed by atoms with Crippen LogP contribution in [-0.2, 0) is 4.84 Å². The molecule has 2 heterocycles. The Kier molecular flexibility index (Phi) is 5.64. The van der Waals surface area contributed by atoms with E-state index < -0.39 is 6.10 Å². The number of likely N-dealkylation sites (tertiary alicyclic amines) is 1. The van der Waals surface area contributed by atoms with Gasteiger partial charge in [-0.2, -0.15) is 0 Å². The van der Waals surface area contributed by atoms with E-state index in [4.69, 9.17) is 4.84 Å². The lowest BCUT2D eigenvalue weighted by atomic mass is 10.1. The molecular formula is C13H20N2O2S. The van der Waals surface area contributed by atoms with Gasteiger partial charge in [0, 0.05) is 11.4 Å². The lowest BCUT2D eigenvalue weighted by Crippen LogP contribution is -2.37. The maximum Gasteiger partial charge on any atom is 0.144 e. The summed E-state index contributed by atoms with van der Waals surface area (Å²) in [6, 6.07) is 3.94. The minimum absolute atomic E-state index is 0.262. The van der Waals surface area contributed by atoms with Gasteiger partial charge >= 0.3 is 0 Å². The predicted octanol–water partition coefficient (Wildman–Crippen LogP) is 1.95. The summed E-state index contributed by atoms with van der Waals surface area (Å²) < 4.78 is 0. The minimum atomic E-state index is -0.455. The van der Waals surface area contributed by atoms with Gasteiger partial charge in [-0.15, -0.1) is 11.3 Å². The molecule has 1 aliphatic heterocycles. The molecule has 1 aliphatic rings. The van der Waals surface area contributed by atoms with Gasteiger partial charge in [0.2, 0.25) is 0 Å². The van der Waals surface area contributed by atoms with Gasteiger partial charge in [0.15, 0.2) is 0 Å². The molecule has 1 aromatic rings. The molecule has 100 valence electrons. The predicted molar refractivity (Wildman–Crippen MR) is 74.2 cm³/mol. The summed E-state index contributed by atoms with van der Waals surface area (Å²) in [5.41, 5.74) is 0.